The second-order valence-electron chi connectivity index (χ2n) is 12.1. The molecule has 1 saturated heterocycles. The molecule has 2 aromatic heterocycles. The molecule has 1 aromatic carbocycles. The molecule has 1 atom stereocenters. The Morgan fingerprint density at radius 2 is 1.94 bits per heavy atom. The highest BCUT2D eigenvalue weighted by molar-refractivity contribution is 5.99. The zero-order valence-corrected chi connectivity index (χ0v) is 22.2. The van der Waals surface area contributed by atoms with Crippen LogP contribution in [0.5, 0.6) is 0 Å². The number of benzene rings is 1. The van der Waals surface area contributed by atoms with Crippen molar-refractivity contribution >= 4 is 22.9 Å². The second kappa shape index (κ2) is 8.68. The van der Waals surface area contributed by atoms with Gasteiger partial charge >= 0.3 is 6.09 Å². The molecular weight excluding hydrogens is 454 g/mol. The maximum absolute atomic E-state index is 13.3. The van der Waals surface area contributed by atoms with Crippen molar-refractivity contribution in [3.8, 4) is 11.4 Å². The van der Waals surface area contributed by atoms with Crippen molar-refractivity contribution in [2.24, 2.45) is 5.41 Å². The Kier molecular flexibility index (Phi) is 5.88. The molecule has 2 aliphatic rings. The summed E-state index contributed by atoms with van der Waals surface area (Å²) in [5, 5.41) is 8.95. The lowest BCUT2D eigenvalue weighted by molar-refractivity contribution is 0.00199. The van der Waals surface area contributed by atoms with E-state index in [1.165, 1.54) is 11.3 Å². The Labute approximate surface area is 212 Å². The molecule has 1 aliphatic heterocycles. The van der Waals surface area contributed by atoms with E-state index >= 15 is 0 Å². The number of amides is 2. The number of hydrogen-bond acceptors (Lipinski definition) is 4. The van der Waals surface area contributed by atoms with Gasteiger partial charge in [0, 0.05) is 53.4 Å². The lowest BCUT2D eigenvalue weighted by Gasteiger charge is -2.40. The number of nitrogens with one attached hydrogen (secondary N) is 2. The number of rotatable bonds is 2. The van der Waals surface area contributed by atoms with Crippen molar-refractivity contribution in [1.29, 1.82) is 0 Å². The Morgan fingerprint density at radius 1 is 1.17 bits per heavy atom. The molecule has 5 rings (SSSR count). The van der Waals surface area contributed by atoms with Crippen LogP contribution in [-0.2, 0) is 17.6 Å². The highest BCUT2D eigenvalue weighted by Crippen LogP contribution is 2.38. The maximum atomic E-state index is 13.3. The molecule has 2 amide bonds. The van der Waals surface area contributed by atoms with Crippen LogP contribution < -0.4 is 0 Å². The molecule has 0 saturated carbocycles. The molecule has 0 bridgehead atoms. The Bertz CT molecular complexity index is 1310. The smallest absolute Gasteiger partial charge is 0.410 e. The molecular formula is C28H37N5O3. The van der Waals surface area contributed by atoms with Crippen LogP contribution in [0, 0.1) is 5.41 Å². The molecule has 1 aliphatic carbocycles. The van der Waals surface area contributed by atoms with Gasteiger partial charge in [-0.1, -0.05) is 19.9 Å². The zero-order chi connectivity index (χ0) is 25.8. The van der Waals surface area contributed by atoms with E-state index in [4.69, 9.17) is 4.74 Å². The first-order valence-corrected chi connectivity index (χ1v) is 12.9. The van der Waals surface area contributed by atoms with Gasteiger partial charge in [0.15, 0.2) is 0 Å². The molecule has 0 unspecified atom stereocenters. The van der Waals surface area contributed by atoms with Crippen molar-refractivity contribution in [3.05, 3.63) is 41.1 Å². The molecule has 3 heterocycles. The minimum absolute atomic E-state index is 0.0249. The van der Waals surface area contributed by atoms with Gasteiger partial charge in [-0.2, -0.15) is 5.10 Å². The predicted molar refractivity (Wildman–Crippen MR) is 140 cm³/mol. The third kappa shape index (κ3) is 4.73. The van der Waals surface area contributed by atoms with Crippen LogP contribution in [0.15, 0.2) is 24.3 Å². The molecule has 8 heteroatoms. The van der Waals surface area contributed by atoms with E-state index in [1.54, 1.807) is 4.90 Å². The number of piperazine rings is 1. The van der Waals surface area contributed by atoms with Crippen molar-refractivity contribution in [2.45, 2.75) is 72.4 Å². The van der Waals surface area contributed by atoms with Crippen molar-refractivity contribution in [3.63, 3.8) is 0 Å². The largest absolute Gasteiger partial charge is 0.444 e. The molecule has 1 fully saturated rings. The summed E-state index contributed by atoms with van der Waals surface area (Å²) in [5.41, 5.74) is 5.80. The Hall–Kier alpha value is -3.29. The fraction of sp³-hybridized carbons (Fsp3) is 0.536. The minimum atomic E-state index is -0.542. The van der Waals surface area contributed by atoms with E-state index in [0.29, 0.717) is 30.6 Å². The van der Waals surface area contributed by atoms with Crippen LogP contribution in [0.25, 0.3) is 22.3 Å². The van der Waals surface area contributed by atoms with E-state index in [0.717, 1.165) is 41.6 Å². The SMILES string of the molecule is C[C@@H]1CN(C(=O)c2ccc3cc(-c4n[nH]c5c4CCC(C)(C)C5)[nH]c3c2)CCN1C(=O)OC(C)(C)C. The lowest BCUT2D eigenvalue weighted by atomic mass is 9.76. The standard InChI is InChI=1S/C28H37N5O3/c1-17-16-32(11-12-33(17)26(35)36-27(2,3)4)25(34)19-8-7-18-13-22(29-21(18)14-19)24-20-9-10-28(5,6)15-23(20)30-31-24/h7-8,13-14,17,29H,9-12,15-16H2,1-6H3,(H,30,31)/t17-/m1/s1. The van der Waals surface area contributed by atoms with E-state index in [1.807, 2.05) is 50.8 Å². The molecule has 0 radical (unpaired) electrons. The van der Waals surface area contributed by atoms with Gasteiger partial charge in [0.05, 0.1) is 5.69 Å². The predicted octanol–water partition coefficient (Wildman–Crippen LogP) is 5.15. The Balaban J connectivity index is 1.32. The first kappa shape index (κ1) is 24.4. The lowest BCUT2D eigenvalue weighted by Crippen LogP contribution is -2.56. The molecule has 3 aromatic rings. The van der Waals surface area contributed by atoms with Crippen LogP contribution in [0.1, 0.15) is 69.6 Å². The van der Waals surface area contributed by atoms with Gasteiger partial charge in [0.1, 0.15) is 11.3 Å². The number of carbonyl (C=O) groups excluding carboxylic acids is 2. The van der Waals surface area contributed by atoms with Crippen molar-refractivity contribution in [1.82, 2.24) is 25.0 Å². The molecule has 2 N–H and O–H groups in total. The van der Waals surface area contributed by atoms with Gasteiger partial charge in [-0.3, -0.25) is 9.89 Å². The normalized spacial score (nSPS) is 19.9. The number of H-pyrrole nitrogens is 2. The Morgan fingerprint density at radius 3 is 2.67 bits per heavy atom. The third-order valence-electron chi connectivity index (χ3n) is 7.33. The number of hydrogen-bond donors (Lipinski definition) is 2. The second-order valence-corrected chi connectivity index (χ2v) is 12.1. The van der Waals surface area contributed by atoms with Crippen LogP contribution in [0.3, 0.4) is 0 Å². The van der Waals surface area contributed by atoms with Crippen molar-refractivity contribution < 1.29 is 14.3 Å². The van der Waals surface area contributed by atoms with Gasteiger partial charge in [0.25, 0.3) is 5.91 Å². The van der Waals surface area contributed by atoms with Crippen LogP contribution in [0.2, 0.25) is 0 Å². The fourth-order valence-corrected chi connectivity index (χ4v) is 5.37. The fourth-order valence-electron chi connectivity index (χ4n) is 5.37. The van der Waals surface area contributed by atoms with Crippen LogP contribution >= 0.6 is 0 Å². The number of aromatic amines is 2. The molecule has 8 nitrogen and oxygen atoms in total. The summed E-state index contributed by atoms with van der Waals surface area (Å²) < 4.78 is 5.53. The monoisotopic (exact) mass is 491 g/mol. The van der Waals surface area contributed by atoms with Gasteiger partial charge in [-0.05, 0) is 70.6 Å². The summed E-state index contributed by atoms with van der Waals surface area (Å²) in [7, 11) is 0. The zero-order valence-electron chi connectivity index (χ0n) is 22.2. The summed E-state index contributed by atoms with van der Waals surface area (Å²) in [6, 6.07) is 7.80. The van der Waals surface area contributed by atoms with E-state index in [2.05, 4.69) is 35.1 Å². The van der Waals surface area contributed by atoms with Gasteiger partial charge in [-0.15, -0.1) is 0 Å². The molecule has 36 heavy (non-hydrogen) atoms. The summed E-state index contributed by atoms with van der Waals surface area (Å²) >= 11 is 0. The summed E-state index contributed by atoms with van der Waals surface area (Å²) in [4.78, 5) is 32.9. The number of aromatic nitrogens is 3. The quantitative estimate of drug-likeness (QED) is 0.518. The van der Waals surface area contributed by atoms with Gasteiger partial charge < -0.3 is 19.5 Å². The third-order valence-corrected chi connectivity index (χ3v) is 7.33. The first-order valence-electron chi connectivity index (χ1n) is 12.9. The summed E-state index contributed by atoms with van der Waals surface area (Å²) in [6.45, 7) is 13.5. The highest BCUT2D eigenvalue weighted by Gasteiger charge is 2.33. The van der Waals surface area contributed by atoms with Crippen molar-refractivity contribution in [2.75, 3.05) is 19.6 Å². The minimum Gasteiger partial charge on any atom is -0.444 e. The van der Waals surface area contributed by atoms with Gasteiger partial charge in [0.2, 0.25) is 0 Å². The molecule has 192 valence electrons. The average Bonchev–Trinajstić information content (AvgIpc) is 3.39. The number of nitrogens with zero attached hydrogens (tertiary/aromatic N) is 3. The number of carbonyl (C=O) groups is 2. The maximum Gasteiger partial charge on any atom is 0.410 e. The summed E-state index contributed by atoms with van der Waals surface area (Å²) in [6.07, 6.45) is 2.84. The highest BCUT2D eigenvalue weighted by atomic mass is 16.6. The van der Waals surface area contributed by atoms with E-state index in [-0.39, 0.29) is 18.0 Å². The first-order chi connectivity index (χ1) is 16.9. The van der Waals surface area contributed by atoms with Gasteiger partial charge in [-0.25, -0.2) is 4.79 Å². The van der Waals surface area contributed by atoms with E-state index in [9.17, 15) is 9.59 Å². The number of ether oxygens (including phenoxy) is 1. The summed E-state index contributed by atoms with van der Waals surface area (Å²) in [5.74, 6) is -0.0249. The van der Waals surface area contributed by atoms with Crippen LogP contribution in [-0.4, -0.2) is 68.3 Å². The van der Waals surface area contributed by atoms with Crippen LogP contribution in [0.4, 0.5) is 4.79 Å². The van der Waals surface area contributed by atoms with E-state index < -0.39 is 5.60 Å². The number of fused-ring (bicyclic) bond motifs is 2. The molecule has 0 spiro atoms. The topological polar surface area (TPSA) is 94.3 Å². The average molecular weight is 492 g/mol.